The monoisotopic (exact) mass is 330 g/mol. The number of carboxylic acid groups (broad SMARTS) is 1. The molecule has 126 valence electrons. The molecule has 1 aliphatic rings. The fourth-order valence-electron chi connectivity index (χ4n) is 2.53. The average molecular weight is 330 g/mol. The normalized spacial score (nSPS) is 20.3. The Kier molecular flexibility index (Phi) is 4.93. The van der Waals surface area contributed by atoms with E-state index < -0.39 is 35.6 Å². The summed E-state index contributed by atoms with van der Waals surface area (Å²) in [6.45, 7) is 2.33. The van der Waals surface area contributed by atoms with Crippen LogP contribution in [-0.4, -0.2) is 41.0 Å². The molecule has 2 unspecified atom stereocenters. The first-order valence-corrected chi connectivity index (χ1v) is 7.13. The Labute approximate surface area is 131 Å². The van der Waals surface area contributed by atoms with Crippen LogP contribution in [0.3, 0.4) is 0 Å². The lowest BCUT2D eigenvalue weighted by Gasteiger charge is -2.23. The lowest BCUT2D eigenvalue weighted by Crippen LogP contribution is -2.41. The molecule has 1 aliphatic heterocycles. The fraction of sp³-hybridized carbons (Fsp3) is 0.467. The number of halogens is 3. The lowest BCUT2D eigenvalue weighted by molar-refractivity contribution is -0.141. The molecule has 1 saturated heterocycles. The van der Waals surface area contributed by atoms with Crippen LogP contribution < -0.4 is 5.32 Å². The Morgan fingerprint density at radius 2 is 2.09 bits per heavy atom. The van der Waals surface area contributed by atoms with E-state index in [0.29, 0.717) is 13.0 Å². The van der Waals surface area contributed by atoms with Crippen LogP contribution in [-0.2, 0) is 15.8 Å². The number of hydrogen-bond acceptors (Lipinski definition) is 3. The van der Waals surface area contributed by atoms with Crippen LogP contribution >= 0.6 is 0 Å². The van der Waals surface area contributed by atoms with E-state index in [0.717, 1.165) is 12.1 Å². The minimum Gasteiger partial charge on any atom is -0.481 e. The maximum absolute atomic E-state index is 12.7. The third kappa shape index (κ3) is 4.22. The average Bonchev–Trinajstić information content (AvgIpc) is 2.95. The molecule has 0 spiro atoms. The van der Waals surface area contributed by atoms with Gasteiger partial charge in [0.05, 0.1) is 17.5 Å². The van der Waals surface area contributed by atoms with E-state index in [4.69, 9.17) is 5.11 Å². The van der Waals surface area contributed by atoms with Crippen molar-refractivity contribution in [1.82, 2.24) is 4.90 Å². The number of carbonyl (C=O) groups is 2. The van der Waals surface area contributed by atoms with Crippen LogP contribution in [0.4, 0.5) is 18.9 Å². The van der Waals surface area contributed by atoms with Gasteiger partial charge in [0.25, 0.3) is 0 Å². The van der Waals surface area contributed by atoms with Gasteiger partial charge in [-0.05, 0) is 38.1 Å². The van der Waals surface area contributed by atoms with Crippen molar-refractivity contribution in [3.63, 3.8) is 0 Å². The van der Waals surface area contributed by atoms with E-state index in [1.807, 2.05) is 0 Å². The second-order valence-electron chi connectivity index (χ2n) is 5.56. The van der Waals surface area contributed by atoms with Gasteiger partial charge in [0, 0.05) is 12.2 Å². The summed E-state index contributed by atoms with van der Waals surface area (Å²) < 4.78 is 38.0. The van der Waals surface area contributed by atoms with Gasteiger partial charge in [-0.3, -0.25) is 14.5 Å². The zero-order valence-corrected chi connectivity index (χ0v) is 12.4. The van der Waals surface area contributed by atoms with E-state index in [2.05, 4.69) is 5.32 Å². The smallest absolute Gasteiger partial charge is 0.416 e. The van der Waals surface area contributed by atoms with Crippen LogP contribution in [0.5, 0.6) is 0 Å². The summed E-state index contributed by atoms with van der Waals surface area (Å²) in [6.07, 6.45) is -4.02. The number of likely N-dealkylation sites (tertiary alicyclic amines) is 1. The Morgan fingerprint density at radius 3 is 2.65 bits per heavy atom. The highest BCUT2D eigenvalue weighted by Crippen LogP contribution is 2.30. The minimum absolute atomic E-state index is 0.0608. The summed E-state index contributed by atoms with van der Waals surface area (Å²) in [5.74, 6) is -1.88. The largest absolute Gasteiger partial charge is 0.481 e. The van der Waals surface area contributed by atoms with Crippen LogP contribution in [0, 0.1) is 5.92 Å². The van der Waals surface area contributed by atoms with Gasteiger partial charge in [-0.1, -0.05) is 6.07 Å². The standard InChI is InChI=1S/C15H17F3N2O3/c1-9(20-6-5-10(8-20)14(22)23)13(21)19-12-4-2-3-11(7-12)15(16,17)18/h2-4,7,9-10H,5-6,8H2,1H3,(H,19,21)(H,22,23). The van der Waals surface area contributed by atoms with Crippen molar-refractivity contribution in [2.24, 2.45) is 5.92 Å². The van der Waals surface area contributed by atoms with E-state index in [1.54, 1.807) is 11.8 Å². The van der Waals surface area contributed by atoms with Crippen LogP contribution in [0.25, 0.3) is 0 Å². The van der Waals surface area contributed by atoms with Crippen LogP contribution in [0.1, 0.15) is 18.9 Å². The Balaban J connectivity index is 2.01. The van der Waals surface area contributed by atoms with Crippen molar-refractivity contribution in [3.05, 3.63) is 29.8 Å². The van der Waals surface area contributed by atoms with Crippen molar-refractivity contribution < 1.29 is 27.9 Å². The highest BCUT2D eigenvalue weighted by Gasteiger charge is 2.34. The summed E-state index contributed by atoms with van der Waals surface area (Å²) in [6, 6.07) is 3.78. The molecule has 0 aromatic heterocycles. The molecule has 23 heavy (non-hydrogen) atoms. The Bertz CT molecular complexity index is 604. The maximum Gasteiger partial charge on any atom is 0.416 e. The van der Waals surface area contributed by atoms with E-state index in [-0.39, 0.29) is 12.2 Å². The molecule has 2 rings (SSSR count). The van der Waals surface area contributed by atoms with Crippen molar-refractivity contribution in [1.29, 1.82) is 0 Å². The summed E-state index contributed by atoms with van der Waals surface area (Å²) in [5.41, 5.74) is -0.777. The molecule has 0 saturated carbocycles. The predicted octanol–water partition coefficient (Wildman–Crippen LogP) is 2.44. The van der Waals surface area contributed by atoms with Crippen molar-refractivity contribution in [2.75, 3.05) is 18.4 Å². The fourth-order valence-corrected chi connectivity index (χ4v) is 2.53. The van der Waals surface area contributed by atoms with Gasteiger partial charge < -0.3 is 10.4 Å². The first kappa shape index (κ1) is 17.3. The highest BCUT2D eigenvalue weighted by atomic mass is 19.4. The van der Waals surface area contributed by atoms with E-state index in [9.17, 15) is 22.8 Å². The number of hydrogen-bond donors (Lipinski definition) is 2. The third-order valence-electron chi connectivity index (χ3n) is 3.95. The molecule has 1 aromatic rings. The number of nitrogens with zero attached hydrogens (tertiary/aromatic N) is 1. The number of benzene rings is 1. The van der Waals surface area contributed by atoms with E-state index >= 15 is 0 Å². The first-order chi connectivity index (χ1) is 10.7. The van der Waals surface area contributed by atoms with Gasteiger partial charge in [-0.15, -0.1) is 0 Å². The molecule has 2 N–H and O–H groups in total. The number of anilines is 1. The zero-order valence-electron chi connectivity index (χ0n) is 12.4. The molecule has 8 heteroatoms. The van der Waals surface area contributed by atoms with Crippen molar-refractivity contribution in [2.45, 2.75) is 25.6 Å². The Hall–Kier alpha value is -2.09. The molecule has 0 bridgehead atoms. The molecule has 1 fully saturated rings. The zero-order chi connectivity index (χ0) is 17.2. The van der Waals surface area contributed by atoms with Gasteiger partial charge in [-0.25, -0.2) is 0 Å². The summed E-state index contributed by atoms with van der Waals surface area (Å²) in [5, 5.41) is 11.4. The van der Waals surface area contributed by atoms with Crippen LogP contribution in [0.15, 0.2) is 24.3 Å². The van der Waals surface area contributed by atoms with Gasteiger partial charge in [0.2, 0.25) is 5.91 Å². The molecule has 1 heterocycles. The number of rotatable bonds is 4. The number of carbonyl (C=O) groups excluding carboxylic acids is 1. The molecular formula is C15H17F3N2O3. The first-order valence-electron chi connectivity index (χ1n) is 7.13. The third-order valence-corrected chi connectivity index (χ3v) is 3.95. The van der Waals surface area contributed by atoms with E-state index in [1.165, 1.54) is 12.1 Å². The highest BCUT2D eigenvalue weighted by molar-refractivity contribution is 5.94. The molecule has 5 nitrogen and oxygen atoms in total. The summed E-state index contributed by atoms with van der Waals surface area (Å²) in [4.78, 5) is 24.8. The topological polar surface area (TPSA) is 69.6 Å². The molecule has 0 aliphatic carbocycles. The SMILES string of the molecule is CC(C(=O)Nc1cccc(C(F)(F)F)c1)N1CCC(C(=O)O)C1. The molecule has 1 aromatic carbocycles. The van der Waals surface area contributed by atoms with Gasteiger partial charge in [0.15, 0.2) is 0 Å². The van der Waals surface area contributed by atoms with Crippen LogP contribution in [0.2, 0.25) is 0 Å². The predicted molar refractivity (Wildman–Crippen MR) is 76.9 cm³/mol. The maximum atomic E-state index is 12.7. The number of alkyl halides is 3. The van der Waals surface area contributed by atoms with Gasteiger partial charge in [-0.2, -0.15) is 13.2 Å². The lowest BCUT2D eigenvalue weighted by atomic mass is 10.1. The molecular weight excluding hydrogens is 313 g/mol. The number of aliphatic carboxylic acids is 1. The van der Waals surface area contributed by atoms with Crippen molar-refractivity contribution >= 4 is 17.6 Å². The van der Waals surface area contributed by atoms with Crippen molar-refractivity contribution in [3.8, 4) is 0 Å². The summed E-state index contributed by atoms with van der Waals surface area (Å²) >= 11 is 0. The number of carboxylic acids is 1. The quantitative estimate of drug-likeness (QED) is 0.890. The Morgan fingerprint density at radius 1 is 1.39 bits per heavy atom. The van der Waals surface area contributed by atoms with Gasteiger partial charge >= 0.3 is 12.1 Å². The number of nitrogens with one attached hydrogen (secondary N) is 1. The van der Waals surface area contributed by atoms with Gasteiger partial charge in [0.1, 0.15) is 0 Å². The number of amides is 1. The minimum atomic E-state index is -4.48. The second kappa shape index (κ2) is 6.57. The summed E-state index contributed by atoms with van der Waals surface area (Å²) in [7, 11) is 0. The second-order valence-corrected chi connectivity index (χ2v) is 5.56. The molecule has 2 atom stereocenters. The molecule has 0 radical (unpaired) electrons. The molecule has 1 amide bonds.